The number of hydrogen-bond donors (Lipinski definition) is 1. The molecule has 0 atom stereocenters. The van der Waals surface area contributed by atoms with Gasteiger partial charge in [0.25, 0.3) is 0 Å². The Morgan fingerprint density at radius 3 is 2.68 bits per heavy atom. The van der Waals surface area contributed by atoms with Crippen LogP contribution in [0.15, 0.2) is 47.3 Å². The lowest BCUT2D eigenvalue weighted by atomic mass is 10.1. The van der Waals surface area contributed by atoms with Crippen LogP contribution in [0.2, 0.25) is 0 Å². The summed E-state index contributed by atoms with van der Waals surface area (Å²) in [6, 6.07) is 5.67. The largest absolute Gasteiger partial charge is 0.333 e. The molecule has 6 nitrogen and oxygen atoms in total. The van der Waals surface area contributed by atoms with Gasteiger partial charge in [0.1, 0.15) is 4.21 Å². The fourth-order valence-electron chi connectivity index (χ4n) is 2.58. The Morgan fingerprint density at radius 2 is 2.12 bits per heavy atom. The maximum absolute atomic E-state index is 12.0. The number of primary sulfonamides is 1. The van der Waals surface area contributed by atoms with Gasteiger partial charge in [-0.25, -0.2) is 18.5 Å². The zero-order valence-corrected chi connectivity index (χ0v) is 15.7. The van der Waals surface area contributed by atoms with Crippen molar-refractivity contribution in [2.75, 3.05) is 0 Å². The highest BCUT2D eigenvalue weighted by Crippen LogP contribution is 2.34. The SMILES string of the molecule is CC(C)Cc1cc(-c2ccc(Cn3ccnc3)cn2)c(S(N)(=O)=O)s1. The van der Waals surface area contributed by atoms with E-state index in [9.17, 15) is 8.42 Å². The molecule has 0 fully saturated rings. The summed E-state index contributed by atoms with van der Waals surface area (Å²) in [6.07, 6.45) is 7.91. The van der Waals surface area contributed by atoms with Crippen LogP contribution < -0.4 is 5.14 Å². The van der Waals surface area contributed by atoms with Crippen LogP contribution in [0.5, 0.6) is 0 Å². The molecule has 0 amide bonds. The summed E-state index contributed by atoms with van der Waals surface area (Å²) in [7, 11) is -3.78. The molecule has 0 saturated carbocycles. The number of aromatic nitrogens is 3. The van der Waals surface area contributed by atoms with Crippen molar-refractivity contribution < 1.29 is 8.42 Å². The molecule has 0 bridgehead atoms. The average molecular weight is 377 g/mol. The number of nitrogens with zero attached hydrogens (tertiary/aromatic N) is 3. The van der Waals surface area contributed by atoms with E-state index in [1.54, 1.807) is 18.7 Å². The van der Waals surface area contributed by atoms with E-state index in [0.29, 0.717) is 23.7 Å². The van der Waals surface area contributed by atoms with E-state index in [1.165, 1.54) is 11.3 Å². The molecule has 0 radical (unpaired) electrons. The van der Waals surface area contributed by atoms with Gasteiger partial charge < -0.3 is 4.57 Å². The van der Waals surface area contributed by atoms with Gasteiger partial charge in [-0.1, -0.05) is 19.9 Å². The van der Waals surface area contributed by atoms with E-state index < -0.39 is 10.0 Å². The van der Waals surface area contributed by atoms with E-state index in [2.05, 4.69) is 23.8 Å². The van der Waals surface area contributed by atoms with E-state index in [-0.39, 0.29) is 4.21 Å². The minimum atomic E-state index is -3.78. The van der Waals surface area contributed by atoms with Crippen LogP contribution in [0.1, 0.15) is 24.3 Å². The Kier molecular flexibility index (Phi) is 5.03. The predicted octanol–water partition coefficient (Wildman–Crippen LogP) is 2.90. The molecule has 3 heterocycles. The lowest BCUT2D eigenvalue weighted by molar-refractivity contribution is 0.600. The maximum atomic E-state index is 12.0. The highest BCUT2D eigenvalue weighted by atomic mass is 32.2. The van der Waals surface area contributed by atoms with Crippen molar-refractivity contribution in [3.63, 3.8) is 0 Å². The van der Waals surface area contributed by atoms with Crippen molar-refractivity contribution in [1.82, 2.24) is 14.5 Å². The quantitative estimate of drug-likeness (QED) is 0.716. The highest BCUT2D eigenvalue weighted by molar-refractivity contribution is 7.91. The van der Waals surface area contributed by atoms with Gasteiger partial charge in [-0.2, -0.15) is 0 Å². The van der Waals surface area contributed by atoms with Crippen LogP contribution in [0, 0.1) is 5.92 Å². The van der Waals surface area contributed by atoms with E-state index in [1.807, 2.05) is 29.0 Å². The Balaban J connectivity index is 1.93. The second-order valence-corrected chi connectivity index (χ2v) is 9.24. The first-order chi connectivity index (χ1) is 11.8. The van der Waals surface area contributed by atoms with Crippen LogP contribution in [-0.2, 0) is 23.0 Å². The van der Waals surface area contributed by atoms with Crippen molar-refractivity contribution in [1.29, 1.82) is 0 Å². The van der Waals surface area contributed by atoms with Crippen molar-refractivity contribution >= 4 is 21.4 Å². The summed E-state index contributed by atoms with van der Waals surface area (Å²) in [5.41, 5.74) is 2.21. The van der Waals surface area contributed by atoms with Crippen LogP contribution >= 0.6 is 11.3 Å². The second-order valence-electron chi connectivity index (χ2n) is 6.34. The molecule has 0 unspecified atom stereocenters. The molecule has 0 aromatic carbocycles. The molecule has 132 valence electrons. The zero-order valence-electron chi connectivity index (χ0n) is 14.1. The number of imidazole rings is 1. The third kappa shape index (κ3) is 4.33. The highest BCUT2D eigenvalue weighted by Gasteiger charge is 2.21. The Labute approximate surface area is 151 Å². The van der Waals surface area contributed by atoms with Gasteiger partial charge in [0, 0.05) is 35.6 Å². The molecular formula is C17H20N4O2S2. The summed E-state index contributed by atoms with van der Waals surface area (Å²) < 4.78 is 26.0. The number of thiophene rings is 1. The van der Waals surface area contributed by atoms with E-state index in [4.69, 9.17) is 5.14 Å². The first-order valence-corrected chi connectivity index (χ1v) is 10.3. The molecule has 0 aliphatic heterocycles. The molecule has 0 spiro atoms. The molecular weight excluding hydrogens is 356 g/mol. The van der Waals surface area contributed by atoms with Crippen LogP contribution in [0.3, 0.4) is 0 Å². The standard InChI is InChI=1S/C17H20N4O2S2/c1-12(2)7-14-8-15(17(24-14)25(18,22)23)16-4-3-13(9-20-16)10-21-6-5-19-11-21/h3-6,8-9,11-12H,7,10H2,1-2H3,(H2,18,22,23). The fourth-order valence-corrected chi connectivity index (χ4v) is 4.95. The number of rotatable bonds is 6. The van der Waals surface area contributed by atoms with Gasteiger partial charge in [-0.15, -0.1) is 11.3 Å². The fraction of sp³-hybridized carbons (Fsp3) is 0.294. The first-order valence-electron chi connectivity index (χ1n) is 7.89. The third-order valence-electron chi connectivity index (χ3n) is 3.64. The molecule has 3 rings (SSSR count). The van der Waals surface area contributed by atoms with Gasteiger partial charge in [0.15, 0.2) is 0 Å². The molecule has 0 aliphatic carbocycles. The molecule has 3 aromatic rings. The lowest BCUT2D eigenvalue weighted by Gasteiger charge is -2.05. The molecule has 3 aromatic heterocycles. The summed E-state index contributed by atoms with van der Waals surface area (Å²) in [5.74, 6) is 0.436. The summed E-state index contributed by atoms with van der Waals surface area (Å²) in [4.78, 5) is 9.46. The van der Waals surface area contributed by atoms with Crippen LogP contribution in [0.4, 0.5) is 0 Å². The molecule has 2 N–H and O–H groups in total. The van der Waals surface area contributed by atoms with Crippen molar-refractivity contribution in [3.8, 4) is 11.3 Å². The molecule has 0 saturated heterocycles. The average Bonchev–Trinajstić information content (AvgIpc) is 3.16. The monoisotopic (exact) mass is 376 g/mol. The molecule has 25 heavy (non-hydrogen) atoms. The molecule has 8 heteroatoms. The summed E-state index contributed by atoms with van der Waals surface area (Å²) in [6.45, 7) is 4.86. The van der Waals surface area contributed by atoms with Crippen molar-refractivity contribution in [3.05, 3.63) is 53.6 Å². The summed E-state index contributed by atoms with van der Waals surface area (Å²) >= 11 is 1.23. The second kappa shape index (κ2) is 7.07. The van der Waals surface area contributed by atoms with Crippen LogP contribution in [0.25, 0.3) is 11.3 Å². The Bertz CT molecular complexity index is 943. The topological polar surface area (TPSA) is 90.9 Å². The molecule has 0 aliphatic rings. The van der Waals surface area contributed by atoms with Crippen LogP contribution in [-0.4, -0.2) is 23.0 Å². The minimum absolute atomic E-state index is 0.179. The number of nitrogens with two attached hydrogens (primary N) is 1. The normalized spacial score (nSPS) is 12.0. The first kappa shape index (κ1) is 17.8. The van der Waals surface area contributed by atoms with Gasteiger partial charge in [0.2, 0.25) is 10.0 Å². The number of sulfonamides is 1. The van der Waals surface area contributed by atoms with E-state index in [0.717, 1.165) is 16.9 Å². The smallest absolute Gasteiger partial charge is 0.248 e. The number of pyridine rings is 1. The van der Waals surface area contributed by atoms with Crippen molar-refractivity contribution in [2.45, 2.75) is 31.0 Å². The minimum Gasteiger partial charge on any atom is -0.333 e. The Morgan fingerprint density at radius 1 is 1.32 bits per heavy atom. The third-order valence-corrected chi connectivity index (χ3v) is 6.28. The van der Waals surface area contributed by atoms with Gasteiger partial charge in [-0.05, 0) is 30.0 Å². The van der Waals surface area contributed by atoms with Crippen molar-refractivity contribution in [2.24, 2.45) is 11.1 Å². The van der Waals surface area contributed by atoms with Gasteiger partial charge in [-0.3, -0.25) is 4.98 Å². The number of hydrogen-bond acceptors (Lipinski definition) is 5. The Hall–Kier alpha value is -2.03. The lowest BCUT2D eigenvalue weighted by Crippen LogP contribution is -2.11. The summed E-state index contributed by atoms with van der Waals surface area (Å²) in [5, 5.41) is 5.40. The maximum Gasteiger partial charge on any atom is 0.248 e. The van der Waals surface area contributed by atoms with E-state index >= 15 is 0 Å². The van der Waals surface area contributed by atoms with Gasteiger partial charge in [0.05, 0.1) is 12.0 Å². The predicted molar refractivity (Wildman–Crippen MR) is 98.8 cm³/mol. The zero-order chi connectivity index (χ0) is 18.0. The van der Waals surface area contributed by atoms with Gasteiger partial charge >= 0.3 is 0 Å².